The topological polar surface area (TPSA) is 56.3 Å². The molecule has 0 aromatic carbocycles. The van der Waals surface area contributed by atoms with Gasteiger partial charge in [-0.3, -0.25) is 0 Å². The Balaban J connectivity index is 2.55. The number of rotatable bonds is 7. The predicted molar refractivity (Wildman–Crippen MR) is 69.7 cm³/mol. The number of hydrogen-bond acceptors (Lipinski definition) is 4. The van der Waals surface area contributed by atoms with Crippen molar-refractivity contribution in [3.8, 4) is 0 Å². The largest absolute Gasteiger partial charge is 0.385 e. The summed E-state index contributed by atoms with van der Waals surface area (Å²) in [6, 6.07) is 3.38. The van der Waals surface area contributed by atoms with E-state index in [4.69, 9.17) is 4.74 Å². The van der Waals surface area contributed by atoms with Crippen LogP contribution in [0.4, 0.5) is 0 Å². The van der Waals surface area contributed by atoms with Crippen LogP contribution in [0.15, 0.2) is 27.8 Å². The van der Waals surface area contributed by atoms with Crippen LogP contribution in [0, 0.1) is 0 Å². The summed E-state index contributed by atoms with van der Waals surface area (Å²) in [6.45, 7) is 0.674. The van der Waals surface area contributed by atoms with Crippen molar-refractivity contribution in [2.24, 2.45) is 0 Å². The van der Waals surface area contributed by atoms with Gasteiger partial charge in [0.1, 0.15) is 0 Å². The lowest BCUT2D eigenvalue weighted by atomic mass is 10.3. The van der Waals surface area contributed by atoms with E-state index in [2.05, 4.69) is 20.9 Å². The number of aromatic nitrogens is 1. The Kier molecular flexibility index (Phi) is 6.08. The fourth-order valence-electron chi connectivity index (χ4n) is 1.41. The monoisotopic (exact) mass is 321 g/mol. The third kappa shape index (κ3) is 4.73. The van der Waals surface area contributed by atoms with Crippen molar-refractivity contribution in [2.75, 3.05) is 19.5 Å². The van der Waals surface area contributed by atoms with Crippen LogP contribution in [0.1, 0.15) is 19.3 Å². The Morgan fingerprint density at radius 3 is 2.76 bits per heavy atom. The molecule has 1 aromatic rings. The van der Waals surface area contributed by atoms with Crippen LogP contribution >= 0.6 is 15.9 Å². The molecule has 0 bridgehead atoms. The number of pyridine rings is 1. The molecule has 0 spiro atoms. The highest BCUT2D eigenvalue weighted by Crippen LogP contribution is 2.20. The Morgan fingerprint density at radius 2 is 2.12 bits per heavy atom. The maximum absolute atomic E-state index is 12.0. The predicted octanol–water partition coefficient (Wildman–Crippen LogP) is 2.43. The number of sulfone groups is 1. The lowest BCUT2D eigenvalue weighted by Crippen LogP contribution is -2.09. The molecule has 1 aromatic heterocycles. The highest BCUT2D eigenvalue weighted by Gasteiger charge is 2.18. The molecule has 0 aliphatic heterocycles. The molecule has 0 saturated carbocycles. The first kappa shape index (κ1) is 14.6. The second-order valence-corrected chi connectivity index (χ2v) is 6.54. The van der Waals surface area contributed by atoms with Gasteiger partial charge in [-0.1, -0.05) is 6.42 Å². The SMILES string of the molecule is COCCCCCS(=O)(=O)c1ncccc1Br. The van der Waals surface area contributed by atoms with Gasteiger partial charge in [-0.2, -0.15) is 0 Å². The standard InChI is InChI=1S/C11H16BrNO3S/c1-16-8-3-2-4-9-17(14,15)11-10(12)6-5-7-13-11/h5-7H,2-4,8-9H2,1H3. The quantitative estimate of drug-likeness (QED) is 0.724. The van der Waals surface area contributed by atoms with Crippen LogP contribution in [-0.4, -0.2) is 32.9 Å². The van der Waals surface area contributed by atoms with Gasteiger partial charge < -0.3 is 4.74 Å². The highest BCUT2D eigenvalue weighted by atomic mass is 79.9. The normalized spacial score (nSPS) is 11.6. The summed E-state index contributed by atoms with van der Waals surface area (Å²) >= 11 is 3.20. The molecule has 0 saturated heterocycles. The van der Waals surface area contributed by atoms with Gasteiger partial charge in [0.05, 0.1) is 10.2 Å². The molecule has 17 heavy (non-hydrogen) atoms. The molecular weight excluding hydrogens is 306 g/mol. The second-order valence-electron chi connectivity index (χ2n) is 3.66. The minimum absolute atomic E-state index is 0.131. The first-order valence-corrected chi connectivity index (χ1v) is 7.84. The molecule has 0 aliphatic carbocycles. The number of halogens is 1. The van der Waals surface area contributed by atoms with E-state index < -0.39 is 9.84 Å². The number of hydrogen-bond donors (Lipinski definition) is 0. The minimum atomic E-state index is -3.28. The van der Waals surface area contributed by atoms with Crippen LogP contribution in [0.25, 0.3) is 0 Å². The molecule has 0 aliphatic rings. The molecular formula is C11H16BrNO3S. The molecule has 0 N–H and O–H groups in total. The summed E-state index contributed by atoms with van der Waals surface area (Å²) in [6.07, 6.45) is 3.85. The Labute approximate surface area is 110 Å². The second kappa shape index (κ2) is 7.08. The molecule has 0 amide bonds. The van der Waals surface area contributed by atoms with E-state index in [9.17, 15) is 8.42 Å². The van der Waals surface area contributed by atoms with Gasteiger partial charge in [-0.25, -0.2) is 13.4 Å². The van der Waals surface area contributed by atoms with Crippen LogP contribution in [0.5, 0.6) is 0 Å². The number of unbranched alkanes of at least 4 members (excludes halogenated alkanes) is 2. The molecule has 0 atom stereocenters. The van der Waals surface area contributed by atoms with E-state index in [1.165, 1.54) is 6.20 Å². The Hall–Kier alpha value is -0.460. The van der Waals surface area contributed by atoms with Crippen molar-refractivity contribution in [3.63, 3.8) is 0 Å². The van der Waals surface area contributed by atoms with Crippen LogP contribution < -0.4 is 0 Å². The van der Waals surface area contributed by atoms with Crippen LogP contribution in [0.2, 0.25) is 0 Å². The van der Waals surface area contributed by atoms with Gasteiger partial charge in [0.25, 0.3) is 0 Å². The summed E-state index contributed by atoms with van der Waals surface area (Å²) in [5, 5.41) is 0.131. The van der Waals surface area contributed by atoms with Gasteiger partial charge in [-0.05, 0) is 40.9 Å². The van der Waals surface area contributed by atoms with Crippen LogP contribution in [-0.2, 0) is 14.6 Å². The zero-order chi connectivity index (χ0) is 12.7. The van der Waals surface area contributed by atoms with Crippen molar-refractivity contribution in [3.05, 3.63) is 22.8 Å². The average Bonchev–Trinajstić information content (AvgIpc) is 2.29. The van der Waals surface area contributed by atoms with E-state index in [1.807, 2.05) is 0 Å². The zero-order valence-corrected chi connectivity index (χ0v) is 12.1. The molecule has 96 valence electrons. The number of methoxy groups -OCH3 is 1. The van der Waals surface area contributed by atoms with Crippen LogP contribution in [0.3, 0.4) is 0 Å². The van der Waals surface area contributed by atoms with Crippen molar-refractivity contribution >= 4 is 25.8 Å². The van der Waals surface area contributed by atoms with Gasteiger partial charge >= 0.3 is 0 Å². The Bertz CT molecular complexity index is 448. The van der Waals surface area contributed by atoms with E-state index in [0.717, 1.165) is 12.8 Å². The zero-order valence-electron chi connectivity index (χ0n) is 9.73. The summed E-state index contributed by atoms with van der Waals surface area (Å²) < 4.78 is 29.4. The smallest absolute Gasteiger partial charge is 0.196 e. The van der Waals surface area contributed by atoms with Crippen molar-refractivity contribution in [2.45, 2.75) is 24.3 Å². The molecule has 1 heterocycles. The number of nitrogens with zero attached hydrogens (tertiary/aromatic N) is 1. The average molecular weight is 322 g/mol. The maximum Gasteiger partial charge on any atom is 0.196 e. The van der Waals surface area contributed by atoms with Crippen molar-refractivity contribution < 1.29 is 13.2 Å². The molecule has 4 nitrogen and oxygen atoms in total. The first-order chi connectivity index (χ1) is 8.08. The Morgan fingerprint density at radius 1 is 1.35 bits per heavy atom. The van der Waals surface area contributed by atoms with Crippen molar-refractivity contribution in [1.82, 2.24) is 4.98 Å². The van der Waals surface area contributed by atoms with Crippen molar-refractivity contribution in [1.29, 1.82) is 0 Å². The van der Waals surface area contributed by atoms with Gasteiger partial charge in [0, 0.05) is 19.9 Å². The van der Waals surface area contributed by atoms with E-state index in [-0.39, 0.29) is 10.8 Å². The lowest BCUT2D eigenvalue weighted by molar-refractivity contribution is 0.192. The van der Waals surface area contributed by atoms with Gasteiger partial charge in [-0.15, -0.1) is 0 Å². The summed E-state index contributed by atoms with van der Waals surface area (Å²) in [7, 11) is -1.64. The fraction of sp³-hybridized carbons (Fsp3) is 0.545. The first-order valence-electron chi connectivity index (χ1n) is 5.40. The fourth-order valence-corrected chi connectivity index (χ4v) is 3.77. The van der Waals surface area contributed by atoms with E-state index in [1.54, 1.807) is 19.2 Å². The van der Waals surface area contributed by atoms with Gasteiger partial charge in [0.15, 0.2) is 14.9 Å². The highest BCUT2D eigenvalue weighted by molar-refractivity contribution is 9.10. The van der Waals surface area contributed by atoms with E-state index in [0.29, 0.717) is 17.5 Å². The lowest BCUT2D eigenvalue weighted by Gasteiger charge is -2.05. The molecule has 6 heteroatoms. The summed E-state index contributed by atoms with van der Waals surface area (Å²) in [5.41, 5.74) is 0. The summed E-state index contributed by atoms with van der Waals surface area (Å²) in [5.74, 6) is 0.131. The maximum atomic E-state index is 12.0. The molecule has 0 unspecified atom stereocenters. The molecule has 0 radical (unpaired) electrons. The molecule has 0 fully saturated rings. The van der Waals surface area contributed by atoms with E-state index >= 15 is 0 Å². The van der Waals surface area contributed by atoms with Gasteiger partial charge in [0.2, 0.25) is 0 Å². The third-order valence-corrected chi connectivity index (χ3v) is 4.92. The third-order valence-electron chi connectivity index (χ3n) is 2.28. The minimum Gasteiger partial charge on any atom is -0.385 e. The summed E-state index contributed by atoms with van der Waals surface area (Å²) in [4.78, 5) is 3.91. The number of ether oxygens (including phenoxy) is 1. The molecule has 1 rings (SSSR count).